The summed E-state index contributed by atoms with van der Waals surface area (Å²) in [6.07, 6.45) is 5.72. The van der Waals surface area contributed by atoms with Crippen LogP contribution in [0.1, 0.15) is 46.0 Å². The zero-order chi connectivity index (χ0) is 11.8. The molecule has 3 heteroatoms. The van der Waals surface area contributed by atoms with Gasteiger partial charge < -0.3 is 0 Å². The number of sulfone groups is 1. The van der Waals surface area contributed by atoms with Gasteiger partial charge in [0, 0.05) is 0 Å². The van der Waals surface area contributed by atoms with Gasteiger partial charge in [-0.25, -0.2) is 8.42 Å². The minimum atomic E-state index is -2.75. The molecule has 0 radical (unpaired) electrons. The second-order valence-electron chi connectivity index (χ2n) is 5.66. The van der Waals surface area contributed by atoms with Crippen molar-refractivity contribution in [2.75, 3.05) is 11.5 Å². The lowest BCUT2D eigenvalue weighted by Gasteiger charge is -2.23. The zero-order valence-electron chi connectivity index (χ0n) is 10.5. The predicted octanol–water partition coefficient (Wildman–Crippen LogP) is 2.88. The smallest absolute Gasteiger partial charge is 0.150 e. The Morgan fingerprint density at radius 1 is 1.06 bits per heavy atom. The Morgan fingerprint density at radius 2 is 1.69 bits per heavy atom. The van der Waals surface area contributed by atoms with Crippen molar-refractivity contribution in [2.24, 2.45) is 23.7 Å². The van der Waals surface area contributed by atoms with Gasteiger partial charge in [0.15, 0.2) is 9.84 Å². The molecule has 1 heterocycles. The van der Waals surface area contributed by atoms with E-state index < -0.39 is 9.84 Å². The first-order valence-electron chi connectivity index (χ1n) is 6.77. The van der Waals surface area contributed by atoms with Crippen LogP contribution in [0.3, 0.4) is 0 Å². The molecule has 0 aromatic carbocycles. The minimum Gasteiger partial charge on any atom is -0.229 e. The molecule has 1 saturated carbocycles. The van der Waals surface area contributed by atoms with E-state index in [-0.39, 0.29) is 0 Å². The molecule has 0 aromatic rings. The number of hydrogen-bond acceptors (Lipinski definition) is 2. The Hall–Kier alpha value is -0.0500. The molecule has 1 saturated heterocycles. The molecule has 16 heavy (non-hydrogen) atoms. The standard InChI is InChI=1S/C13H24O2S/c1-3-10-8-11(4-2)13-9-16(14,15)7-5-6-12(10)13/h10-13H,3-9H2,1-2H3. The lowest BCUT2D eigenvalue weighted by molar-refractivity contribution is 0.286. The fourth-order valence-corrected chi connectivity index (χ4v) is 5.88. The van der Waals surface area contributed by atoms with Crippen molar-refractivity contribution in [3.05, 3.63) is 0 Å². The van der Waals surface area contributed by atoms with E-state index >= 15 is 0 Å². The van der Waals surface area contributed by atoms with Crippen LogP contribution < -0.4 is 0 Å². The lowest BCUT2D eigenvalue weighted by atomic mass is 9.83. The van der Waals surface area contributed by atoms with Gasteiger partial charge in [-0.2, -0.15) is 0 Å². The summed E-state index contributed by atoms with van der Waals surface area (Å²) in [5.41, 5.74) is 0. The summed E-state index contributed by atoms with van der Waals surface area (Å²) in [6.45, 7) is 4.48. The average molecular weight is 244 g/mol. The molecule has 1 aliphatic carbocycles. The monoisotopic (exact) mass is 244 g/mol. The van der Waals surface area contributed by atoms with Crippen molar-refractivity contribution in [1.29, 1.82) is 0 Å². The van der Waals surface area contributed by atoms with Gasteiger partial charge in [0.05, 0.1) is 11.5 Å². The van der Waals surface area contributed by atoms with Crippen molar-refractivity contribution in [3.8, 4) is 0 Å². The third-order valence-corrected chi connectivity index (χ3v) is 6.66. The molecule has 0 amide bonds. The summed E-state index contributed by atoms with van der Waals surface area (Å²) >= 11 is 0. The molecule has 0 spiro atoms. The Balaban J connectivity index is 2.21. The Morgan fingerprint density at radius 3 is 2.31 bits per heavy atom. The van der Waals surface area contributed by atoms with Crippen molar-refractivity contribution in [1.82, 2.24) is 0 Å². The quantitative estimate of drug-likeness (QED) is 0.748. The molecule has 4 unspecified atom stereocenters. The van der Waals surface area contributed by atoms with Crippen molar-refractivity contribution in [2.45, 2.75) is 46.0 Å². The van der Waals surface area contributed by atoms with E-state index in [1.807, 2.05) is 0 Å². The second-order valence-corrected chi connectivity index (χ2v) is 7.89. The zero-order valence-corrected chi connectivity index (χ0v) is 11.3. The van der Waals surface area contributed by atoms with Crippen LogP contribution in [0.25, 0.3) is 0 Å². The molecular formula is C13H24O2S. The molecule has 2 nitrogen and oxygen atoms in total. The summed E-state index contributed by atoms with van der Waals surface area (Å²) in [6, 6.07) is 0. The predicted molar refractivity (Wildman–Crippen MR) is 67.0 cm³/mol. The van der Waals surface area contributed by atoms with E-state index in [0.29, 0.717) is 29.3 Å². The number of hydrogen-bond donors (Lipinski definition) is 0. The fourth-order valence-electron chi connectivity index (χ4n) is 4.00. The topological polar surface area (TPSA) is 34.1 Å². The van der Waals surface area contributed by atoms with Crippen LogP contribution in [-0.4, -0.2) is 19.9 Å². The van der Waals surface area contributed by atoms with Gasteiger partial charge in [0.25, 0.3) is 0 Å². The Labute approximate surface area is 99.7 Å². The van der Waals surface area contributed by atoms with Crippen LogP contribution in [0.5, 0.6) is 0 Å². The van der Waals surface area contributed by atoms with Crippen molar-refractivity contribution < 1.29 is 8.42 Å². The van der Waals surface area contributed by atoms with Gasteiger partial charge >= 0.3 is 0 Å². The van der Waals surface area contributed by atoms with Crippen LogP contribution >= 0.6 is 0 Å². The summed E-state index contributed by atoms with van der Waals surface area (Å²) in [7, 11) is -2.75. The van der Waals surface area contributed by atoms with E-state index in [2.05, 4.69) is 13.8 Å². The minimum absolute atomic E-state index is 0.437. The maximum absolute atomic E-state index is 11.9. The second kappa shape index (κ2) is 4.67. The Bertz CT molecular complexity index is 334. The fraction of sp³-hybridized carbons (Fsp3) is 1.00. The first-order valence-corrected chi connectivity index (χ1v) is 8.60. The molecule has 2 rings (SSSR count). The van der Waals surface area contributed by atoms with Gasteiger partial charge in [0.1, 0.15) is 0 Å². The molecule has 2 aliphatic rings. The van der Waals surface area contributed by atoms with Gasteiger partial charge in [-0.15, -0.1) is 0 Å². The third kappa shape index (κ3) is 2.29. The highest BCUT2D eigenvalue weighted by molar-refractivity contribution is 7.91. The molecule has 0 bridgehead atoms. The van der Waals surface area contributed by atoms with E-state index in [9.17, 15) is 8.42 Å². The normalized spacial score (nSPS) is 42.6. The van der Waals surface area contributed by atoms with Gasteiger partial charge in [0.2, 0.25) is 0 Å². The Kier molecular flexibility index (Phi) is 3.62. The number of rotatable bonds is 2. The molecular weight excluding hydrogens is 220 g/mol. The highest BCUT2D eigenvalue weighted by Gasteiger charge is 2.44. The van der Waals surface area contributed by atoms with Crippen LogP contribution in [0.2, 0.25) is 0 Å². The van der Waals surface area contributed by atoms with Crippen LogP contribution in [-0.2, 0) is 9.84 Å². The van der Waals surface area contributed by atoms with Gasteiger partial charge in [-0.1, -0.05) is 26.7 Å². The van der Waals surface area contributed by atoms with Crippen molar-refractivity contribution in [3.63, 3.8) is 0 Å². The molecule has 0 aromatic heterocycles. The molecule has 94 valence electrons. The maximum Gasteiger partial charge on any atom is 0.150 e. The van der Waals surface area contributed by atoms with Gasteiger partial charge in [-0.05, 0) is 42.9 Å². The van der Waals surface area contributed by atoms with Crippen LogP contribution in [0, 0.1) is 23.7 Å². The van der Waals surface area contributed by atoms with E-state index in [4.69, 9.17) is 0 Å². The summed E-state index contributed by atoms with van der Waals surface area (Å²) < 4.78 is 23.7. The highest BCUT2D eigenvalue weighted by atomic mass is 32.2. The maximum atomic E-state index is 11.9. The summed E-state index contributed by atoms with van der Waals surface area (Å²) in [5.74, 6) is 3.56. The summed E-state index contributed by atoms with van der Waals surface area (Å²) in [5, 5.41) is 0. The van der Waals surface area contributed by atoms with E-state index in [0.717, 1.165) is 25.2 Å². The lowest BCUT2D eigenvalue weighted by Crippen LogP contribution is -2.23. The third-order valence-electron chi connectivity index (χ3n) is 4.85. The van der Waals surface area contributed by atoms with Crippen LogP contribution in [0.15, 0.2) is 0 Å². The molecule has 2 fully saturated rings. The number of fused-ring (bicyclic) bond motifs is 1. The molecule has 1 aliphatic heterocycles. The van der Waals surface area contributed by atoms with E-state index in [1.54, 1.807) is 0 Å². The largest absolute Gasteiger partial charge is 0.229 e. The molecule has 4 atom stereocenters. The average Bonchev–Trinajstić information content (AvgIpc) is 2.46. The first kappa shape index (κ1) is 12.4. The first-order chi connectivity index (χ1) is 7.57. The highest BCUT2D eigenvalue weighted by Crippen LogP contribution is 2.48. The van der Waals surface area contributed by atoms with Crippen LogP contribution in [0.4, 0.5) is 0 Å². The van der Waals surface area contributed by atoms with Crippen molar-refractivity contribution >= 4 is 9.84 Å². The SMILES string of the molecule is CCC1CC(CC)C2CS(=O)(=O)CCCC12. The molecule has 0 N–H and O–H groups in total. The van der Waals surface area contributed by atoms with E-state index in [1.165, 1.54) is 12.8 Å². The van der Waals surface area contributed by atoms with Gasteiger partial charge in [-0.3, -0.25) is 0 Å². The summed E-state index contributed by atoms with van der Waals surface area (Å²) in [4.78, 5) is 0.